The molecular formula is C12H13ClN2S. The molecule has 2 aromatic rings. The Bertz CT molecular complexity index is 441. The number of rotatable bonds is 4. The lowest BCUT2D eigenvalue weighted by molar-refractivity contribution is 0.555. The SMILES string of the molecule is NNC(Cc1ccc(Cl)s1)c1ccccc1. The summed E-state index contributed by atoms with van der Waals surface area (Å²) in [4.78, 5) is 1.23. The van der Waals surface area contributed by atoms with Crippen LogP contribution in [0.3, 0.4) is 0 Å². The molecule has 0 spiro atoms. The van der Waals surface area contributed by atoms with Gasteiger partial charge in [0.2, 0.25) is 0 Å². The predicted octanol–water partition coefficient (Wildman–Crippen LogP) is 3.15. The van der Waals surface area contributed by atoms with E-state index in [1.807, 2.05) is 30.3 Å². The molecule has 0 aliphatic heterocycles. The fourth-order valence-corrected chi connectivity index (χ4v) is 2.75. The maximum absolute atomic E-state index is 5.90. The summed E-state index contributed by atoms with van der Waals surface area (Å²) in [5.41, 5.74) is 4.03. The van der Waals surface area contributed by atoms with Gasteiger partial charge in [-0.1, -0.05) is 41.9 Å². The van der Waals surface area contributed by atoms with E-state index in [1.165, 1.54) is 10.4 Å². The van der Waals surface area contributed by atoms with E-state index in [9.17, 15) is 0 Å². The van der Waals surface area contributed by atoms with Crippen molar-refractivity contribution in [2.45, 2.75) is 12.5 Å². The maximum atomic E-state index is 5.90. The van der Waals surface area contributed by atoms with Crippen LogP contribution in [0, 0.1) is 0 Å². The highest BCUT2D eigenvalue weighted by atomic mass is 35.5. The predicted molar refractivity (Wildman–Crippen MR) is 69.5 cm³/mol. The van der Waals surface area contributed by atoms with Gasteiger partial charge >= 0.3 is 0 Å². The fourth-order valence-electron chi connectivity index (χ4n) is 1.62. The van der Waals surface area contributed by atoms with Gasteiger partial charge in [0, 0.05) is 11.3 Å². The lowest BCUT2D eigenvalue weighted by Gasteiger charge is -2.15. The number of benzene rings is 1. The molecule has 0 aliphatic carbocycles. The lowest BCUT2D eigenvalue weighted by atomic mass is 10.0. The third-order valence-electron chi connectivity index (χ3n) is 2.44. The average molecular weight is 253 g/mol. The Hall–Kier alpha value is -0.870. The van der Waals surface area contributed by atoms with Crippen LogP contribution in [0.4, 0.5) is 0 Å². The van der Waals surface area contributed by atoms with Crippen LogP contribution >= 0.6 is 22.9 Å². The number of hydrogen-bond donors (Lipinski definition) is 2. The zero-order chi connectivity index (χ0) is 11.4. The summed E-state index contributed by atoms with van der Waals surface area (Å²) in [6.45, 7) is 0. The van der Waals surface area contributed by atoms with Crippen molar-refractivity contribution in [3.05, 3.63) is 57.2 Å². The van der Waals surface area contributed by atoms with Gasteiger partial charge in [-0.3, -0.25) is 11.3 Å². The highest BCUT2D eigenvalue weighted by molar-refractivity contribution is 7.16. The minimum atomic E-state index is 0.135. The largest absolute Gasteiger partial charge is 0.271 e. The van der Waals surface area contributed by atoms with Crippen molar-refractivity contribution < 1.29 is 0 Å². The molecule has 1 heterocycles. The minimum Gasteiger partial charge on any atom is -0.271 e. The first kappa shape index (κ1) is 11.6. The van der Waals surface area contributed by atoms with E-state index >= 15 is 0 Å². The summed E-state index contributed by atoms with van der Waals surface area (Å²) in [5.74, 6) is 5.58. The Balaban J connectivity index is 2.12. The molecule has 0 bridgehead atoms. The maximum Gasteiger partial charge on any atom is 0.0931 e. The molecule has 1 aromatic heterocycles. The smallest absolute Gasteiger partial charge is 0.0931 e. The van der Waals surface area contributed by atoms with Gasteiger partial charge in [-0.2, -0.15) is 0 Å². The fraction of sp³-hybridized carbons (Fsp3) is 0.167. The highest BCUT2D eigenvalue weighted by Crippen LogP contribution is 2.26. The Kier molecular flexibility index (Phi) is 3.96. The van der Waals surface area contributed by atoms with Crippen molar-refractivity contribution in [2.24, 2.45) is 5.84 Å². The van der Waals surface area contributed by atoms with Crippen molar-refractivity contribution in [2.75, 3.05) is 0 Å². The van der Waals surface area contributed by atoms with Crippen molar-refractivity contribution in [1.82, 2.24) is 5.43 Å². The van der Waals surface area contributed by atoms with Crippen LogP contribution < -0.4 is 11.3 Å². The number of thiophene rings is 1. The van der Waals surface area contributed by atoms with E-state index in [0.29, 0.717) is 0 Å². The molecule has 0 amide bonds. The molecule has 0 saturated carbocycles. The molecular weight excluding hydrogens is 240 g/mol. The molecule has 2 nitrogen and oxygen atoms in total. The van der Waals surface area contributed by atoms with E-state index in [4.69, 9.17) is 17.4 Å². The molecule has 4 heteroatoms. The van der Waals surface area contributed by atoms with E-state index in [0.717, 1.165) is 10.8 Å². The molecule has 84 valence electrons. The van der Waals surface area contributed by atoms with Gasteiger partial charge in [-0.15, -0.1) is 11.3 Å². The van der Waals surface area contributed by atoms with Gasteiger partial charge in [-0.05, 0) is 17.7 Å². The third kappa shape index (κ3) is 2.83. The summed E-state index contributed by atoms with van der Waals surface area (Å²) in [7, 11) is 0. The van der Waals surface area contributed by atoms with E-state index in [2.05, 4.69) is 17.6 Å². The number of halogens is 1. The number of nitrogens with two attached hydrogens (primary N) is 1. The zero-order valence-electron chi connectivity index (χ0n) is 8.69. The summed E-state index contributed by atoms with van der Waals surface area (Å²) >= 11 is 7.50. The van der Waals surface area contributed by atoms with Crippen LogP contribution in [-0.4, -0.2) is 0 Å². The summed E-state index contributed by atoms with van der Waals surface area (Å²) in [5, 5.41) is 0. The monoisotopic (exact) mass is 252 g/mol. The molecule has 16 heavy (non-hydrogen) atoms. The average Bonchev–Trinajstić information content (AvgIpc) is 2.73. The Morgan fingerprint density at radius 2 is 1.94 bits per heavy atom. The number of hydrogen-bond acceptors (Lipinski definition) is 3. The van der Waals surface area contributed by atoms with Crippen LogP contribution in [0.25, 0.3) is 0 Å². The Morgan fingerprint density at radius 3 is 2.50 bits per heavy atom. The van der Waals surface area contributed by atoms with E-state index < -0.39 is 0 Å². The van der Waals surface area contributed by atoms with Crippen molar-refractivity contribution in [3.8, 4) is 0 Å². The van der Waals surface area contributed by atoms with Crippen LogP contribution in [0.2, 0.25) is 4.34 Å². The summed E-state index contributed by atoms with van der Waals surface area (Å²) in [6.07, 6.45) is 0.859. The Labute approximate surface area is 104 Å². The molecule has 1 unspecified atom stereocenters. The normalized spacial score (nSPS) is 12.6. The molecule has 1 aromatic carbocycles. The Morgan fingerprint density at radius 1 is 1.19 bits per heavy atom. The van der Waals surface area contributed by atoms with Crippen molar-refractivity contribution in [3.63, 3.8) is 0 Å². The van der Waals surface area contributed by atoms with Crippen LogP contribution in [-0.2, 0) is 6.42 Å². The third-order valence-corrected chi connectivity index (χ3v) is 3.69. The molecule has 0 fully saturated rings. The molecule has 1 atom stereocenters. The summed E-state index contributed by atoms with van der Waals surface area (Å²) in [6, 6.07) is 14.3. The van der Waals surface area contributed by atoms with Crippen molar-refractivity contribution in [1.29, 1.82) is 0 Å². The van der Waals surface area contributed by atoms with Gasteiger partial charge in [-0.25, -0.2) is 0 Å². The summed E-state index contributed by atoms with van der Waals surface area (Å²) < 4.78 is 0.818. The van der Waals surface area contributed by atoms with E-state index in [1.54, 1.807) is 11.3 Å². The van der Waals surface area contributed by atoms with Crippen molar-refractivity contribution >= 4 is 22.9 Å². The lowest BCUT2D eigenvalue weighted by Crippen LogP contribution is -2.29. The van der Waals surface area contributed by atoms with E-state index in [-0.39, 0.29) is 6.04 Å². The standard InChI is InChI=1S/C12H13ClN2S/c13-12-7-6-10(16-12)8-11(15-14)9-4-2-1-3-5-9/h1-7,11,15H,8,14H2. The van der Waals surface area contributed by atoms with Gasteiger partial charge in [0.05, 0.1) is 10.4 Å². The molecule has 2 rings (SSSR count). The highest BCUT2D eigenvalue weighted by Gasteiger charge is 2.11. The second-order valence-corrected chi connectivity index (χ2v) is 5.34. The first-order valence-corrected chi connectivity index (χ1v) is 6.24. The molecule has 3 N–H and O–H groups in total. The van der Waals surface area contributed by atoms with Gasteiger partial charge in [0.25, 0.3) is 0 Å². The minimum absolute atomic E-state index is 0.135. The van der Waals surface area contributed by atoms with Crippen LogP contribution in [0.15, 0.2) is 42.5 Å². The zero-order valence-corrected chi connectivity index (χ0v) is 10.3. The second-order valence-electron chi connectivity index (χ2n) is 3.54. The molecule has 0 saturated heterocycles. The number of hydrazine groups is 1. The molecule has 0 aliphatic rings. The van der Waals surface area contributed by atoms with Gasteiger partial charge in [0.1, 0.15) is 0 Å². The quantitative estimate of drug-likeness (QED) is 0.648. The van der Waals surface area contributed by atoms with Crippen LogP contribution in [0.1, 0.15) is 16.5 Å². The molecule has 0 radical (unpaired) electrons. The topological polar surface area (TPSA) is 38.0 Å². The number of nitrogens with one attached hydrogen (secondary N) is 1. The van der Waals surface area contributed by atoms with Gasteiger partial charge in [0.15, 0.2) is 0 Å². The van der Waals surface area contributed by atoms with Crippen LogP contribution in [0.5, 0.6) is 0 Å². The van der Waals surface area contributed by atoms with Gasteiger partial charge < -0.3 is 0 Å². The first-order chi connectivity index (χ1) is 7.79. The first-order valence-electron chi connectivity index (χ1n) is 5.05. The second kappa shape index (κ2) is 5.46.